The third kappa shape index (κ3) is 4.30. The summed E-state index contributed by atoms with van der Waals surface area (Å²) >= 11 is 0. The van der Waals surface area contributed by atoms with Gasteiger partial charge in [-0.3, -0.25) is 9.59 Å². The van der Waals surface area contributed by atoms with Crippen molar-refractivity contribution < 1.29 is 29.0 Å². The summed E-state index contributed by atoms with van der Waals surface area (Å²) in [5.41, 5.74) is 4.58. The molecule has 8 nitrogen and oxygen atoms in total. The first-order chi connectivity index (χ1) is 16.0. The molecule has 33 heavy (non-hydrogen) atoms. The fraction of sp³-hybridized carbons (Fsp3) is 0.400. The van der Waals surface area contributed by atoms with Crippen LogP contribution in [-0.4, -0.2) is 55.5 Å². The Morgan fingerprint density at radius 2 is 1.64 bits per heavy atom. The number of carbonyl (C=O) groups is 3. The van der Waals surface area contributed by atoms with Crippen molar-refractivity contribution >= 4 is 18.0 Å². The molecule has 3 aliphatic rings. The highest BCUT2D eigenvalue weighted by Gasteiger charge is 2.44. The van der Waals surface area contributed by atoms with Crippen LogP contribution in [0.1, 0.15) is 23.5 Å². The number of alkyl carbamates (subject to hydrolysis) is 1. The molecule has 1 heterocycles. The van der Waals surface area contributed by atoms with E-state index in [4.69, 9.17) is 14.6 Å². The van der Waals surface area contributed by atoms with Crippen molar-refractivity contribution in [2.45, 2.75) is 18.4 Å². The van der Waals surface area contributed by atoms with Gasteiger partial charge in [0.05, 0.1) is 31.1 Å². The number of fused-ring (bicyclic) bond motifs is 3. The first-order valence-corrected chi connectivity index (χ1v) is 11.2. The van der Waals surface area contributed by atoms with Crippen molar-refractivity contribution in [1.82, 2.24) is 10.6 Å². The van der Waals surface area contributed by atoms with E-state index in [1.807, 2.05) is 24.3 Å². The first-order valence-electron chi connectivity index (χ1n) is 11.2. The van der Waals surface area contributed by atoms with Crippen LogP contribution in [0.4, 0.5) is 4.79 Å². The van der Waals surface area contributed by atoms with E-state index in [0.29, 0.717) is 13.0 Å². The van der Waals surface area contributed by atoms with E-state index in [1.54, 1.807) is 0 Å². The monoisotopic (exact) mass is 450 g/mol. The van der Waals surface area contributed by atoms with Crippen LogP contribution in [0.5, 0.6) is 0 Å². The number of hydrogen-bond acceptors (Lipinski definition) is 5. The molecule has 4 atom stereocenters. The van der Waals surface area contributed by atoms with Crippen molar-refractivity contribution in [3.8, 4) is 11.1 Å². The third-order valence-electron chi connectivity index (χ3n) is 6.84. The van der Waals surface area contributed by atoms with Crippen molar-refractivity contribution in [2.75, 3.05) is 26.4 Å². The Labute approximate surface area is 191 Å². The maximum absolute atomic E-state index is 12.6. The Balaban J connectivity index is 1.15. The van der Waals surface area contributed by atoms with E-state index in [9.17, 15) is 14.4 Å². The van der Waals surface area contributed by atoms with Gasteiger partial charge in [0.25, 0.3) is 0 Å². The van der Waals surface area contributed by atoms with Crippen molar-refractivity contribution in [1.29, 1.82) is 0 Å². The summed E-state index contributed by atoms with van der Waals surface area (Å²) in [6, 6.07) is 15.7. The molecule has 2 aromatic rings. The highest BCUT2D eigenvalue weighted by atomic mass is 16.5. The van der Waals surface area contributed by atoms with Gasteiger partial charge >= 0.3 is 12.1 Å². The van der Waals surface area contributed by atoms with E-state index in [0.717, 1.165) is 22.3 Å². The summed E-state index contributed by atoms with van der Waals surface area (Å²) in [6.45, 7) is 0.948. The number of hydrogen-bond donors (Lipinski definition) is 3. The fourth-order valence-electron chi connectivity index (χ4n) is 4.88. The average Bonchev–Trinajstić information content (AvgIpc) is 3.35. The van der Waals surface area contributed by atoms with Crippen LogP contribution in [0.2, 0.25) is 0 Å². The van der Waals surface area contributed by atoms with Gasteiger partial charge in [-0.15, -0.1) is 0 Å². The van der Waals surface area contributed by atoms with Gasteiger partial charge in [-0.1, -0.05) is 48.5 Å². The molecule has 2 amide bonds. The smallest absolute Gasteiger partial charge is 0.407 e. The molecule has 2 fully saturated rings. The molecule has 1 aliphatic heterocycles. The van der Waals surface area contributed by atoms with Gasteiger partial charge in [-0.25, -0.2) is 4.79 Å². The van der Waals surface area contributed by atoms with Gasteiger partial charge in [-0.2, -0.15) is 0 Å². The van der Waals surface area contributed by atoms with E-state index in [2.05, 4.69) is 34.9 Å². The average molecular weight is 450 g/mol. The molecule has 0 aromatic heterocycles. The summed E-state index contributed by atoms with van der Waals surface area (Å²) in [7, 11) is 0. The number of carbonyl (C=O) groups excluding carboxylic acids is 2. The molecule has 2 aliphatic carbocycles. The normalized spacial score (nSPS) is 25.1. The second-order valence-corrected chi connectivity index (χ2v) is 8.91. The number of aliphatic carboxylic acids is 1. The molecule has 1 saturated heterocycles. The molecule has 8 heteroatoms. The lowest BCUT2D eigenvalue weighted by Gasteiger charge is -2.20. The largest absolute Gasteiger partial charge is 0.481 e. The molecule has 0 bridgehead atoms. The SMILES string of the molecule is O=C(NC1COCC1C(=O)NC[C@@H]1C[C@@H]1C(=O)O)OCC1c2ccccc2-c2ccccc21. The Morgan fingerprint density at radius 1 is 0.970 bits per heavy atom. The van der Waals surface area contributed by atoms with Gasteiger partial charge in [0.1, 0.15) is 6.61 Å². The Hall–Kier alpha value is -3.39. The number of ether oxygens (including phenoxy) is 2. The summed E-state index contributed by atoms with van der Waals surface area (Å²) in [4.78, 5) is 36.1. The lowest BCUT2D eigenvalue weighted by atomic mass is 9.98. The van der Waals surface area contributed by atoms with Crippen molar-refractivity contribution in [3.63, 3.8) is 0 Å². The molecule has 1 saturated carbocycles. The molecule has 5 rings (SSSR count). The molecule has 0 radical (unpaired) electrons. The maximum Gasteiger partial charge on any atom is 0.407 e. The standard InChI is InChI=1S/C25H26N2O6/c28-23(26-10-14-9-19(14)24(29)30)21-11-32-13-22(21)27-25(31)33-12-20-17-7-3-1-5-15(17)16-6-2-4-8-18(16)20/h1-8,14,19-22H,9-13H2,(H,26,28)(H,27,31)(H,29,30)/t14-,19-,21?,22?/m0/s1. The van der Waals surface area contributed by atoms with E-state index < -0.39 is 24.0 Å². The highest BCUT2D eigenvalue weighted by Crippen LogP contribution is 2.44. The molecular weight excluding hydrogens is 424 g/mol. The summed E-state index contributed by atoms with van der Waals surface area (Å²) in [5, 5.41) is 14.6. The lowest BCUT2D eigenvalue weighted by Crippen LogP contribution is -2.47. The minimum Gasteiger partial charge on any atom is -0.481 e. The minimum absolute atomic E-state index is 0.0256. The minimum atomic E-state index is -0.826. The van der Waals surface area contributed by atoms with Crippen LogP contribution in [-0.2, 0) is 19.1 Å². The van der Waals surface area contributed by atoms with E-state index in [1.165, 1.54) is 0 Å². The third-order valence-corrected chi connectivity index (χ3v) is 6.84. The van der Waals surface area contributed by atoms with Crippen LogP contribution in [0, 0.1) is 17.8 Å². The van der Waals surface area contributed by atoms with Gasteiger partial charge < -0.3 is 25.2 Å². The van der Waals surface area contributed by atoms with Crippen LogP contribution in [0.3, 0.4) is 0 Å². The number of rotatable bonds is 7. The second kappa shape index (κ2) is 8.86. The fourth-order valence-corrected chi connectivity index (χ4v) is 4.88. The topological polar surface area (TPSA) is 114 Å². The van der Waals surface area contributed by atoms with Crippen molar-refractivity contribution in [3.05, 3.63) is 59.7 Å². The predicted octanol–water partition coefficient (Wildman–Crippen LogP) is 2.38. The molecule has 0 spiro atoms. The van der Waals surface area contributed by atoms with Crippen LogP contribution < -0.4 is 10.6 Å². The van der Waals surface area contributed by atoms with Gasteiger partial charge in [0.15, 0.2) is 0 Å². The van der Waals surface area contributed by atoms with E-state index in [-0.39, 0.29) is 43.5 Å². The molecule has 3 N–H and O–H groups in total. The van der Waals surface area contributed by atoms with Crippen LogP contribution >= 0.6 is 0 Å². The van der Waals surface area contributed by atoms with Gasteiger partial charge in [-0.05, 0) is 34.6 Å². The zero-order valence-electron chi connectivity index (χ0n) is 18.0. The number of nitrogens with one attached hydrogen (secondary N) is 2. The molecule has 172 valence electrons. The van der Waals surface area contributed by atoms with Crippen molar-refractivity contribution in [2.24, 2.45) is 17.8 Å². The molecule has 2 aromatic carbocycles. The van der Waals surface area contributed by atoms with Crippen LogP contribution in [0.15, 0.2) is 48.5 Å². The van der Waals surface area contributed by atoms with E-state index >= 15 is 0 Å². The second-order valence-electron chi connectivity index (χ2n) is 8.91. The highest BCUT2D eigenvalue weighted by molar-refractivity contribution is 5.82. The summed E-state index contributed by atoms with van der Waals surface area (Å²) in [5.74, 6) is -2.04. The summed E-state index contributed by atoms with van der Waals surface area (Å²) in [6.07, 6.45) is -0.00335. The Kier molecular flexibility index (Phi) is 5.76. The van der Waals surface area contributed by atoms with Gasteiger partial charge in [0, 0.05) is 12.5 Å². The number of amides is 2. The number of carboxylic acid groups (broad SMARTS) is 1. The number of carboxylic acids is 1. The van der Waals surface area contributed by atoms with Gasteiger partial charge in [0.2, 0.25) is 5.91 Å². The predicted molar refractivity (Wildman–Crippen MR) is 119 cm³/mol. The zero-order chi connectivity index (χ0) is 22.9. The Morgan fingerprint density at radius 3 is 2.27 bits per heavy atom. The molecule has 2 unspecified atom stereocenters. The first kappa shape index (κ1) is 21.5. The summed E-state index contributed by atoms with van der Waals surface area (Å²) < 4.78 is 11.0. The number of benzene rings is 2. The lowest BCUT2D eigenvalue weighted by molar-refractivity contribution is -0.139. The maximum atomic E-state index is 12.6. The zero-order valence-corrected chi connectivity index (χ0v) is 18.0. The van der Waals surface area contributed by atoms with Crippen LogP contribution in [0.25, 0.3) is 11.1 Å². The quantitative estimate of drug-likeness (QED) is 0.597. The Bertz CT molecular complexity index is 1040. The molecular formula is C25H26N2O6.